The lowest BCUT2D eigenvalue weighted by atomic mass is 10.2. The summed E-state index contributed by atoms with van der Waals surface area (Å²) in [5.74, 6) is 0.356. The number of nitrogens with zero attached hydrogens (tertiary/aromatic N) is 3. The molecule has 2 aromatic heterocycles. The highest BCUT2D eigenvalue weighted by atomic mass is 32.2. The molecule has 2 aromatic rings. The summed E-state index contributed by atoms with van der Waals surface area (Å²) in [6.45, 7) is 2.24. The van der Waals surface area contributed by atoms with Crippen LogP contribution in [0.15, 0.2) is 27.9 Å². The van der Waals surface area contributed by atoms with Crippen LogP contribution < -0.4 is 4.74 Å². The van der Waals surface area contributed by atoms with Crippen LogP contribution in [0.5, 0.6) is 5.88 Å². The van der Waals surface area contributed by atoms with Crippen LogP contribution in [-0.4, -0.2) is 48.8 Å². The van der Waals surface area contributed by atoms with Crippen LogP contribution in [0.2, 0.25) is 0 Å². The molecule has 2 aliphatic rings. The SMILES string of the molecule is O=S(=O)(c1cnn2c1OCCC2)N1CCOC(c2ccsc2)C1. The summed E-state index contributed by atoms with van der Waals surface area (Å²) in [6, 6.07) is 1.97. The summed E-state index contributed by atoms with van der Waals surface area (Å²) in [6.07, 6.45) is 2.01. The highest BCUT2D eigenvalue weighted by Crippen LogP contribution is 2.32. The minimum absolute atomic E-state index is 0.156. The normalized spacial score (nSPS) is 22.5. The predicted molar refractivity (Wildman–Crippen MR) is 84.1 cm³/mol. The van der Waals surface area contributed by atoms with Crippen molar-refractivity contribution in [3.8, 4) is 5.88 Å². The molecular weight excluding hydrogens is 338 g/mol. The summed E-state index contributed by atoms with van der Waals surface area (Å²) >= 11 is 1.58. The van der Waals surface area contributed by atoms with E-state index in [1.54, 1.807) is 16.0 Å². The van der Waals surface area contributed by atoms with Crippen LogP contribution in [0.25, 0.3) is 0 Å². The second-order valence-corrected chi connectivity index (χ2v) is 8.20. The molecule has 0 bridgehead atoms. The van der Waals surface area contributed by atoms with Crippen LogP contribution in [0, 0.1) is 0 Å². The van der Waals surface area contributed by atoms with Gasteiger partial charge in [-0.15, -0.1) is 0 Å². The van der Waals surface area contributed by atoms with E-state index in [2.05, 4.69) is 5.10 Å². The lowest BCUT2D eigenvalue weighted by Gasteiger charge is -2.31. The van der Waals surface area contributed by atoms with Crippen molar-refractivity contribution >= 4 is 21.4 Å². The van der Waals surface area contributed by atoms with E-state index in [9.17, 15) is 8.42 Å². The average molecular weight is 355 g/mol. The monoisotopic (exact) mass is 355 g/mol. The maximum Gasteiger partial charge on any atom is 0.250 e. The molecule has 1 saturated heterocycles. The van der Waals surface area contributed by atoms with E-state index in [1.165, 1.54) is 10.5 Å². The summed E-state index contributed by atoms with van der Waals surface area (Å²) < 4.78 is 40.3. The van der Waals surface area contributed by atoms with E-state index >= 15 is 0 Å². The molecule has 4 heterocycles. The number of aryl methyl sites for hydroxylation is 1. The summed E-state index contributed by atoms with van der Waals surface area (Å²) in [7, 11) is -3.64. The molecule has 0 spiro atoms. The van der Waals surface area contributed by atoms with E-state index < -0.39 is 10.0 Å². The molecule has 0 amide bonds. The van der Waals surface area contributed by atoms with Crippen LogP contribution >= 0.6 is 11.3 Å². The molecule has 0 aromatic carbocycles. The number of ether oxygens (including phenoxy) is 2. The molecule has 0 saturated carbocycles. The zero-order valence-corrected chi connectivity index (χ0v) is 14.1. The molecule has 1 atom stereocenters. The van der Waals surface area contributed by atoms with Crippen LogP contribution in [-0.2, 0) is 21.3 Å². The van der Waals surface area contributed by atoms with Crippen molar-refractivity contribution in [2.75, 3.05) is 26.3 Å². The second-order valence-electron chi connectivity index (χ2n) is 5.52. The number of sulfonamides is 1. The molecule has 124 valence electrons. The van der Waals surface area contributed by atoms with E-state index in [1.807, 2.05) is 16.8 Å². The smallest absolute Gasteiger partial charge is 0.250 e. The Labute approximate surface area is 138 Å². The minimum atomic E-state index is -3.64. The minimum Gasteiger partial charge on any atom is -0.477 e. The molecule has 0 aliphatic carbocycles. The third-order valence-electron chi connectivity index (χ3n) is 4.07. The Morgan fingerprint density at radius 1 is 1.30 bits per heavy atom. The number of thiophene rings is 1. The lowest BCUT2D eigenvalue weighted by molar-refractivity contribution is -0.00238. The largest absolute Gasteiger partial charge is 0.477 e. The zero-order valence-electron chi connectivity index (χ0n) is 12.4. The fraction of sp³-hybridized carbons (Fsp3) is 0.500. The molecule has 1 unspecified atom stereocenters. The topological polar surface area (TPSA) is 73.7 Å². The Bertz CT molecular complexity index is 785. The van der Waals surface area contributed by atoms with Gasteiger partial charge in [0.1, 0.15) is 0 Å². The Balaban J connectivity index is 1.62. The first kappa shape index (κ1) is 15.1. The molecule has 2 aliphatic heterocycles. The van der Waals surface area contributed by atoms with Gasteiger partial charge in [0.15, 0.2) is 4.90 Å². The number of hydrogen-bond acceptors (Lipinski definition) is 6. The van der Waals surface area contributed by atoms with Gasteiger partial charge in [0.2, 0.25) is 15.9 Å². The van der Waals surface area contributed by atoms with Gasteiger partial charge in [-0.3, -0.25) is 0 Å². The van der Waals surface area contributed by atoms with Crippen molar-refractivity contribution in [3.05, 3.63) is 28.6 Å². The Morgan fingerprint density at radius 3 is 3.04 bits per heavy atom. The maximum absolute atomic E-state index is 13.0. The molecule has 23 heavy (non-hydrogen) atoms. The highest BCUT2D eigenvalue weighted by molar-refractivity contribution is 7.89. The van der Waals surface area contributed by atoms with Crippen LogP contribution in [0.4, 0.5) is 0 Å². The van der Waals surface area contributed by atoms with Crippen LogP contribution in [0.3, 0.4) is 0 Å². The van der Waals surface area contributed by atoms with E-state index in [0.29, 0.717) is 38.7 Å². The average Bonchev–Trinajstić information content (AvgIpc) is 3.25. The zero-order chi connectivity index (χ0) is 15.9. The first-order chi connectivity index (χ1) is 11.2. The van der Waals surface area contributed by atoms with Crippen molar-refractivity contribution < 1.29 is 17.9 Å². The lowest BCUT2D eigenvalue weighted by Crippen LogP contribution is -2.42. The van der Waals surface area contributed by atoms with Gasteiger partial charge in [0, 0.05) is 26.1 Å². The van der Waals surface area contributed by atoms with E-state index in [0.717, 1.165) is 12.0 Å². The third kappa shape index (κ3) is 2.67. The molecule has 9 heteroatoms. The van der Waals surface area contributed by atoms with Gasteiger partial charge in [0.25, 0.3) is 0 Å². The van der Waals surface area contributed by atoms with Gasteiger partial charge in [-0.25, -0.2) is 13.1 Å². The Morgan fingerprint density at radius 2 is 2.22 bits per heavy atom. The van der Waals surface area contributed by atoms with Gasteiger partial charge in [0.05, 0.1) is 25.5 Å². The number of rotatable bonds is 3. The van der Waals surface area contributed by atoms with Gasteiger partial charge < -0.3 is 9.47 Å². The molecular formula is C14H17N3O4S2. The first-order valence-corrected chi connectivity index (χ1v) is 9.87. The van der Waals surface area contributed by atoms with Crippen molar-refractivity contribution in [1.29, 1.82) is 0 Å². The van der Waals surface area contributed by atoms with Crippen LogP contribution in [0.1, 0.15) is 18.1 Å². The molecule has 0 radical (unpaired) electrons. The number of fused-ring (bicyclic) bond motifs is 1. The Hall–Kier alpha value is -1.42. The Kier molecular flexibility index (Phi) is 3.88. The summed E-state index contributed by atoms with van der Waals surface area (Å²) in [5.41, 5.74) is 1.02. The van der Waals surface area contributed by atoms with E-state index in [4.69, 9.17) is 9.47 Å². The van der Waals surface area contributed by atoms with Crippen molar-refractivity contribution in [2.45, 2.75) is 24.0 Å². The molecule has 1 fully saturated rings. The van der Waals surface area contributed by atoms with Crippen molar-refractivity contribution in [2.24, 2.45) is 0 Å². The standard InChI is InChI=1S/C14H17N3O4S2/c18-23(19,13-8-15-17-3-1-5-21-14(13)17)16-4-6-20-12(9-16)11-2-7-22-10-11/h2,7-8,10,12H,1,3-6,9H2. The summed E-state index contributed by atoms with van der Waals surface area (Å²) in [4.78, 5) is 0.156. The number of morpholine rings is 1. The maximum atomic E-state index is 13.0. The van der Waals surface area contributed by atoms with Gasteiger partial charge >= 0.3 is 0 Å². The quantitative estimate of drug-likeness (QED) is 0.834. The molecule has 0 N–H and O–H groups in total. The van der Waals surface area contributed by atoms with Crippen molar-refractivity contribution in [1.82, 2.24) is 14.1 Å². The summed E-state index contributed by atoms with van der Waals surface area (Å²) in [5, 5.41) is 8.10. The number of aromatic nitrogens is 2. The number of hydrogen-bond donors (Lipinski definition) is 0. The predicted octanol–water partition coefficient (Wildman–Crippen LogP) is 1.49. The first-order valence-electron chi connectivity index (χ1n) is 7.49. The van der Waals surface area contributed by atoms with Crippen molar-refractivity contribution in [3.63, 3.8) is 0 Å². The van der Waals surface area contributed by atoms with E-state index in [-0.39, 0.29) is 11.0 Å². The van der Waals surface area contributed by atoms with Gasteiger partial charge in [-0.05, 0) is 22.4 Å². The van der Waals surface area contributed by atoms with Gasteiger partial charge in [-0.2, -0.15) is 20.7 Å². The highest BCUT2D eigenvalue weighted by Gasteiger charge is 2.36. The van der Waals surface area contributed by atoms with Gasteiger partial charge in [-0.1, -0.05) is 0 Å². The second kappa shape index (κ2) is 5.90. The third-order valence-corrected chi connectivity index (χ3v) is 6.62. The fourth-order valence-electron chi connectivity index (χ4n) is 2.86. The molecule has 4 rings (SSSR count). The molecule has 7 nitrogen and oxygen atoms in total. The fourth-order valence-corrected chi connectivity index (χ4v) is 5.06.